The molecule has 0 aromatic heterocycles. The molecule has 0 saturated carbocycles. The Morgan fingerprint density at radius 3 is 2.30 bits per heavy atom. The molecule has 0 amide bonds. The summed E-state index contributed by atoms with van der Waals surface area (Å²) in [5, 5.41) is 8.60. The lowest BCUT2D eigenvalue weighted by Crippen LogP contribution is -2.33. The Morgan fingerprint density at radius 1 is 0.721 bits per heavy atom. The molecular formula is C42H35N. The topological polar surface area (TPSA) is 12.0 Å². The van der Waals surface area contributed by atoms with Crippen molar-refractivity contribution in [3.8, 4) is 11.1 Å². The van der Waals surface area contributed by atoms with Crippen molar-refractivity contribution in [1.29, 1.82) is 0 Å². The van der Waals surface area contributed by atoms with E-state index < -0.39 is 0 Å². The Balaban J connectivity index is 1.53. The monoisotopic (exact) mass is 553 g/mol. The molecule has 43 heavy (non-hydrogen) atoms. The van der Waals surface area contributed by atoms with E-state index in [0.717, 1.165) is 17.7 Å². The van der Waals surface area contributed by atoms with Gasteiger partial charge in [0.1, 0.15) is 0 Å². The number of hydrogen-bond donors (Lipinski definition) is 1. The van der Waals surface area contributed by atoms with Crippen molar-refractivity contribution in [3.63, 3.8) is 0 Å². The molecular weight excluding hydrogens is 518 g/mol. The number of fused-ring (bicyclic) bond motifs is 2. The van der Waals surface area contributed by atoms with Crippen LogP contribution < -0.4 is 15.8 Å². The van der Waals surface area contributed by atoms with Gasteiger partial charge in [0, 0.05) is 11.4 Å². The van der Waals surface area contributed by atoms with Gasteiger partial charge in [0.2, 0.25) is 0 Å². The summed E-state index contributed by atoms with van der Waals surface area (Å²) in [4.78, 5) is 0. The van der Waals surface area contributed by atoms with Crippen LogP contribution in [0.1, 0.15) is 30.0 Å². The third-order valence-electron chi connectivity index (χ3n) is 7.96. The lowest BCUT2D eigenvalue weighted by atomic mass is 9.92. The number of nitrogens with one attached hydrogen (secondary N) is 1. The molecule has 0 fully saturated rings. The zero-order valence-electron chi connectivity index (χ0n) is 24.5. The predicted octanol–water partition coefficient (Wildman–Crippen LogP) is 9.07. The second-order valence-corrected chi connectivity index (χ2v) is 10.6. The number of allylic oxidation sites excluding steroid dienone is 8. The summed E-state index contributed by atoms with van der Waals surface area (Å²) < 4.78 is 0. The molecule has 1 nitrogen and oxygen atoms in total. The minimum absolute atomic E-state index is 0.839. The minimum atomic E-state index is 0.839. The van der Waals surface area contributed by atoms with E-state index in [1.165, 1.54) is 54.6 Å². The van der Waals surface area contributed by atoms with E-state index >= 15 is 0 Å². The van der Waals surface area contributed by atoms with Crippen LogP contribution in [0.5, 0.6) is 0 Å². The van der Waals surface area contributed by atoms with E-state index in [2.05, 4.69) is 164 Å². The Hall–Kier alpha value is -5.40. The number of hydrogen-bond acceptors (Lipinski definition) is 1. The normalized spacial score (nSPS) is 17.7. The molecule has 0 spiro atoms. The van der Waals surface area contributed by atoms with Gasteiger partial charge in [-0.1, -0.05) is 152 Å². The fourth-order valence-corrected chi connectivity index (χ4v) is 5.83. The van der Waals surface area contributed by atoms with Crippen molar-refractivity contribution < 1.29 is 0 Å². The van der Waals surface area contributed by atoms with E-state index in [9.17, 15) is 0 Å². The molecule has 5 aromatic carbocycles. The molecule has 0 unspecified atom stereocenters. The van der Waals surface area contributed by atoms with Crippen molar-refractivity contribution in [2.24, 2.45) is 0 Å². The highest BCUT2D eigenvalue weighted by atomic mass is 14.8. The van der Waals surface area contributed by atoms with Crippen molar-refractivity contribution in [1.82, 2.24) is 5.32 Å². The molecule has 1 aliphatic rings. The summed E-state index contributed by atoms with van der Waals surface area (Å²) in [6, 6.07) is 41.7. The van der Waals surface area contributed by atoms with Gasteiger partial charge < -0.3 is 5.32 Å². The standard InChI is InChI=1S/C42H35N/c1-3-5-15-31(4-2)32-25-27-33(28-26-32)35-18-13-19-36(30-35)42-41-23-11-10-22-40(41)39(21-7-6-12-29-43-42)38-24-14-17-34-16-8-9-20-37(34)38/h3-20,22-30,43H,1,21H2,2H3/b7-6-,15-5-,29-12-,31-4+,40-39+,42-41-. The van der Waals surface area contributed by atoms with Gasteiger partial charge in [-0.2, -0.15) is 0 Å². The quantitative estimate of drug-likeness (QED) is 0.207. The van der Waals surface area contributed by atoms with Crippen LogP contribution in [0.15, 0.2) is 171 Å². The van der Waals surface area contributed by atoms with Gasteiger partial charge in [0.25, 0.3) is 0 Å². The van der Waals surface area contributed by atoms with Gasteiger partial charge in [0.05, 0.1) is 5.70 Å². The molecule has 1 heterocycles. The first-order valence-electron chi connectivity index (χ1n) is 14.8. The van der Waals surface area contributed by atoms with Crippen LogP contribution in [-0.2, 0) is 0 Å². The van der Waals surface area contributed by atoms with Crippen molar-refractivity contribution in [3.05, 3.63) is 198 Å². The van der Waals surface area contributed by atoms with Gasteiger partial charge in [-0.25, -0.2) is 0 Å². The third kappa shape index (κ3) is 5.98. The van der Waals surface area contributed by atoms with Crippen LogP contribution in [0.3, 0.4) is 0 Å². The first-order valence-corrected chi connectivity index (χ1v) is 14.8. The van der Waals surface area contributed by atoms with E-state index in [1.54, 1.807) is 6.08 Å². The predicted molar refractivity (Wildman–Crippen MR) is 186 cm³/mol. The van der Waals surface area contributed by atoms with Crippen LogP contribution in [0.25, 0.3) is 38.7 Å². The second-order valence-electron chi connectivity index (χ2n) is 10.6. The number of benzene rings is 5. The maximum Gasteiger partial charge on any atom is 0.0533 e. The van der Waals surface area contributed by atoms with Gasteiger partial charge in [-0.3, -0.25) is 0 Å². The highest BCUT2D eigenvalue weighted by molar-refractivity contribution is 5.94. The second kappa shape index (κ2) is 13.1. The Bertz CT molecular complexity index is 2030. The fourth-order valence-electron chi connectivity index (χ4n) is 5.83. The molecule has 0 saturated heterocycles. The molecule has 0 aliphatic carbocycles. The lowest BCUT2D eigenvalue weighted by molar-refractivity contribution is 1.18. The van der Waals surface area contributed by atoms with Crippen molar-refractivity contribution in [2.75, 3.05) is 0 Å². The summed E-state index contributed by atoms with van der Waals surface area (Å²) in [6.45, 7) is 5.86. The first kappa shape index (κ1) is 27.8. The zero-order valence-corrected chi connectivity index (χ0v) is 24.5. The van der Waals surface area contributed by atoms with Gasteiger partial charge >= 0.3 is 0 Å². The van der Waals surface area contributed by atoms with Crippen molar-refractivity contribution >= 4 is 27.6 Å². The van der Waals surface area contributed by atoms with Gasteiger partial charge in [0.15, 0.2) is 0 Å². The molecule has 1 N–H and O–H groups in total. The van der Waals surface area contributed by atoms with Crippen LogP contribution in [0.4, 0.5) is 0 Å². The molecule has 1 heteroatoms. The molecule has 0 atom stereocenters. The van der Waals surface area contributed by atoms with Crippen LogP contribution in [0.2, 0.25) is 0 Å². The molecule has 6 rings (SSSR count). The molecule has 5 aromatic rings. The average molecular weight is 554 g/mol. The minimum Gasteiger partial charge on any atom is -0.361 e. The maximum atomic E-state index is 3.80. The maximum absolute atomic E-state index is 3.80. The van der Waals surface area contributed by atoms with Gasteiger partial charge in [-0.05, 0) is 80.4 Å². The van der Waals surface area contributed by atoms with Crippen molar-refractivity contribution in [2.45, 2.75) is 13.3 Å². The zero-order chi connectivity index (χ0) is 29.4. The summed E-state index contributed by atoms with van der Waals surface area (Å²) >= 11 is 0. The summed E-state index contributed by atoms with van der Waals surface area (Å²) in [5.74, 6) is 0. The van der Waals surface area contributed by atoms with E-state index in [1.807, 2.05) is 12.3 Å². The van der Waals surface area contributed by atoms with E-state index in [0.29, 0.717) is 0 Å². The lowest BCUT2D eigenvalue weighted by Gasteiger charge is -2.15. The Morgan fingerprint density at radius 2 is 1.47 bits per heavy atom. The van der Waals surface area contributed by atoms with Crippen LogP contribution in [0, 0.1) is 0 Å². The van der Waals surface area contributed by atoms with Crippen LogP contribution in [-0.4, -0.2) is 0 Å². The Labute approximate surface area is 254 Å². The molecule has 1 aliphatic heterocycles. The van der Waals surface area contributed by atoms with Crippen LogP contribution >= 0.6 is 0 Å². The van der Waals surface area contributed by atoms with E-state index in [-0.39, 0.29) is 0 Å². The van der Waals surface area contributed by atoms with Gasteiger partial charge in [-0.15, -0.1) is 0 Å². The first-order chi connectivity index (χ1) is 21.3. The largest absolute Gasteiger partial charge is 0.361 e. The summed E-state index contributed by atoms with van der Waals surface area (Å²) in [6.07, 6.45) is 17.3. The average Bonchev–Trinajstić information content (AvgIpc) is 3.07. The number of rotatable bonds is 6. The smallest absolute Gasteiger partial charge is 0.0533 e. The molecule has 208 valence electrons. The molecule has 0 radical (unpaired) electrons. The fraction of sp³-hybridized carbons (Fsp3) is 0.0476. The summed E-state index contributed by atoms with van der Waals surface area (Å²) in [5.41, 5.74) is 9.55. The molecule has 0 bridgehead atoms. The van der Waals surface area contributed by atoms with E-state index in [4.69, 9.17) is 0 Å². The Kier molecular flexibility index (Phi) is 8.43. The summed E-state index contributed by atoms with van der Waals surface area (Å²) in [7, 11) is 0. The third-order valence-corrected chi connectivity index (χ3v) is 7.96. The SMILES string of the molecule is C=C/C=C\C(=C/C)c1ccc(-c2cccc(/C3=c4\cccc\c4=C(/c4cccc5ccccc45)C/C=C\C=C/N3)c2)cc1. The highest BCUT2D eigenvalue weighted by Gasteiger charge is 2.11. The highest BCUT2D eigenvalue weighted by Crippen LogP contribution is 2.27.